The lowest BCUT2D eigenvalue weighted by Crippen LogP contribution is -2.28. The summed E-state index contributed by atoms with van der Waals surface area (Å²) < 4.78 is 0. The van der Waals surface area contributed by atoms with Crippen molar-refractivity contribution < 1.29 is 4.79 Å². The topological polar surface area (TPSA) is 41.1 Å². The highest BCUT2D eigenvalue weighted by atomic mass is 35.5. The molecule has 4 heteroatoms. The number of aryl methyl sites for hydroxylation is 1. The number of urea groups is 1. The number of anilines is 1. The second-order valence-corrected chi connectivity index (χ2v) is 4.74. The lowest BCUT2D eigenvalue weighted by Gasteiger charge is -2.08. The first-order valence-corrected chi connectivity index (χ1v) is 6.37. The van der Waals surface area contributed by atoms with E-state index in [0.29, 0.717) is 17.3 Å². The Labute approximate surface area is 117 Å². The van der Waals surface area contributed by atoms with Gasteiger partial charge in [-0.2, -0.15) is 0 Å². The van der Waals surface area contributed by atoms with Crippen LogP contribution in [0, 0.1) is 6.92 Å². The zero-order valence-electron chi connectivity index (χ0n) is 10.6. The van der Waals surface area contributed by atoms with Gasteiger partial charge < -0.3 is 10.6 Å². The van der Waals surface area contributed by atoms with Gasteiger partial charge in [-0.05, 0) is 30.7 Å². The summed E-state index contributed by atoms with van der Waals surface area (Å²) in [7, 11) is 0. The Kier molecular flexibility index (Phi) is 4.42. The Morgan fingerprint density at radius 2 is 1.89 bits per heavy atom. The standard InChI is InChI=1S/C15H15ClN2O/c1-11-5-7-12(8-6-11)10-17-15(19)18-14-4-2-3-13(16)9-14/h2-9H,10H2,1H3,(H2,17,18,19). The largest absolute Gasteiger partial charge is 0.334 e. The summed E-state index contributed by atoms with van der Waals surface area (Å²) >= 11 is 5.84. The minimum atomic E-state index is -0.247. The van der Waals surface area contributed by atoms with Gasteiger partial charge in [0.05, 0.1) is 0 Å². The lowest BCUT2D eigenvalue weighted by molar-refractivity contribution is 0.251. The minimum Gasteiger partial charge on any atom is -0.334 e. The summed E-state index contributed by atoms with van der Waals surface area (Å²) in [5.41, 5.74) is 2.94. The molecule has 0 saturated carbocycles. The van der Waals surface area contributed by atoms with E-state index in [9.17, 15) is 4.79 Å². The van der Waals surface area contributed by atoms with Crippen LogP contribution >= 0.6 is 11.6 Å². The number of carbonyl (C=O) groups excluding carboxylic acids is 1. The average molecular weight is 275 g/mol. The van der Waals surface area contributed by atoms with Crippen LogP contribution in [0.15, 0.2) is 48.5 Å². The molecule has 2 aromatic carbocycles. The predicted molar refractivity (Wildman–Crippen MR) is 78.5 cm³/mol. The van der Waals surface area contributed by atoms with Gasteiger partial charge in [-0.15, -0.1) is 0 Å². The third-order valence-corrected chi connectivity index (χ3v) is 2.89. The molecule has 3 nitrogen and oxygen atoms in total. The van der Waals surface area contributed by atoms with Gasteiger partial charge >= 0.3 is 6.03 Å². The van der Waals surface area contributed by atoms with E-state index in [-0.39, 0.29) is 6.03 Å². The Hall–Kier alpha value is -2.00. The number of hydrogen-bond acceptors (Lipinski definition) is 1. The molecule has 0 fully saturated rings. The number of halogens is 1. The molecule has 2 rings (SSSR count). The van der Waals surface area contributed by atoms with E-state index >= 15 is 0 Å². The molecular formula is C15H15ClN2O. The quantitative estimate of drug-likeness (QED) is 0.874. The molecule has 0 radical (unpaired) electrons. The number of carbonyl (C=O) groups is 1. The third-order valence-electron chi connectivity index (χ3n) is 2.66. The van der Waals surface area contributed by atoms with Gasteiger partial charge in [-0.1, -0.05) is 47.5 Å². The molecule has 0 atom stereocenters. The molecule has 0 unspecified atom stereocenters. The zero-order chi connectivity index (χ0) is 13.7. The highest BCUT2D eigenvalue weighted by molar-refractivity contribution is 6.30. The maximum absolute atomic E-state index is 11.7. The smallest absolute Gasteiger partial charge is 0.319 e. The monoisotopic (exact) mass is 274 g/mol. The van der Waals surface area contributed by atoms with Crippen molar-refractivity contribution in [2.75, 3.05) is 5.32 Å². The molecular weight excluding hydrogens is 260 g/mol. The zero-order valence-corrected chi connectivity index (χ0v) is 11.4. The van der Waals surface area contributed by atoms with Crippen molar-refractivity contribution in [3.05, 3.63) is 64.7 Å². The summed E-state index contributed by atoms with van der Waals surface area (Å²) in [6.07, 6.45) is 0. The normalized spacial score (nSPS) is 10.0. The Morgan fingerprint density at radius 1 is 1.16 bits per heavy atom. The van der Waals surface area contributed by atoms with E-state index in [1.165, 1.54) is 5.56 Å². The summed E-state index contributed by atoms with van der Waals surface area (Å²) in [4.78, 5) is 11.7. The van der Waals surface area contributed by atoms with E-state index in [4.69, 9.17) is 11.6 Å². The molecule has 0 bridgehead atoms. The van der Waals surface area contributed by atoms with E-state index in [2.05, 4.69) is 10.6 Å². The SMILES string of the molecule is Cc1ccc(CNC(=O)Nc2cccc(Cl)c2)cc1. The first-order valence-electron chi connectivity index (χ1n) is 5.99. The highest BCUT2D eigenvalue weighted by Crippen LogP contribution is 2.14. The van der Waals surface area contributed by atoms with Crippen molar-refractivity contribution in [3.8, 4) is 0 Å². The summed E-state index contributed by atoms with van der Waals surface area (Å²) in [5.74, 6) is 0. The van der Waals surface area contributed by atoms with Crippen molar-refractivity contribution >= 4 is 23.3 Å². The second kappa shape index (κ2) is 6.25. The number of benzene rings is 2. The van der Waals surface area contributed by atoms with Crippen LogP contribution in [0.4, 0.5) is 10.5 Å². The first-order chi connectivity index (χ1) is 9.13. The highest BCUT2D eigenvalue weighted by Gasteiger charge is 2.01. The molecule has 2 N–H and O–H groups in total. The lowest BCUT2D eigenvalue weighted by atomic mass is 10.1. The number of nitrogens with one attached hydrogen (secondary N) is 2. The second-order valence-electron chi connectivity index (χ2n) is 4.30. The van der Waals surface area contributed by atoms with E-state index in [0.717, 1.165) is 5.56 Å². The Morgan fingerprint density at radius 3 is 2.58 bits per heavy atom. The van der Waals surface area contributed by atoms with E-state index < -0.39 is 0 Å². The van der Waals surface area contributed by atoms with Gasteiger partial charge in [0.2, 0.25) is 0 Å². The van der Waals surface area contributed by atoms with Crippen molar-refractivity contribution in [2.24, 2.45) is 0 Å². The van der Waals surface area contributed by atoms with Crippen molar-refractivity contribution in [2.45, 2.75) is 13.5 Å². The molecule has 0 aliphatic carbocycles. The maximum atomic E-state index is 11.7. The predicted octanol–water partition coefficient (Wildman–Crippen LogP) is 3.97. The van der Waals surface area contributed by atoms with Crippen molar-refractivity contribution in [1.29, 1.82) is 0 Å². The van der Waals surface area contributed by atoms with Crippen LogP contribution < -0.4 is 10.6 Å². The molecule has 0 spiro atoms. The van der Waals surface area contributed by atoms with E-state index in [1.54, 1.807) is 24.3 Å². The molecule has 19 heavy (non-hydrogen) atoms. The molecule has 98 valence electrons. The van der Waals surface area contributed by atoms with Gasteiger partial charge in [-0.3, -0.25) is 0 Å². The van der Waals surface area contributed by atoms with Gasteiger partial charge in [-0.25, -0.2) is 4.79 Å². The molecule has 0 aliphatic rings. The molecule has 0 aliphatic heterocycles. The van der Waals surface area contributed by atoms with Crippen LogP contribution in [0.5, 0.6) is 0 Å². The molecule has 2 aromatic rings. The fourth-order valence-electron chi connectivity index (χ4n) is 1.63. The third kappa shape index (κ3) is 4.30. The van der Waals surface area contributed by atoms with Crippen LogP contribution in [0.1, 0.15) is 11.1 Å². The van der Waals surface area contributed by atoms with Crippen molar-refractivity contribution in [1.82, 2.24) is 5.32 Å². The van der Waals surface area contributed by atoms with Gasteiger partial charge in [0.25, 0.3) is 0 Å². The van der Waals surface area contributed by atoms with Crippen LogP contribution in [-0.2, 0) is 6.54 Å². The van der Waals surface area contributed by atoms with Gasteiger partial charge in [0, 0.05) is 17.3 Å². The first kappa shape index (κ1) is 13.4. The van der Waals surface area contributed by atoms with Gasteiger partial charge in [0.15, 0.2) is 0 Å². The van der Waals surface area contributed by atoms with E-state index in [1.807, 2.05) is 31.2 Å². The number of rotatable bonds is 3. The molecule has 0 aromatic heterocycles. The van der Waals surface area contributed by atoms with Crippen LogP contribution in [-0.4, -0.2) is 6.03 Å². The molecule has 0 saturated heterocycles. The van der Waals surface area contributed by atoms with Crippen LogP contribution in [0.3, 0.4) is 0 Å². The Bertz CT molecular complexity index is 567. The van der Waals surface area contributed by atoms with Crippen LogP contribution in [0.25, 0.3) is 0 Å². The summed E-state index contributed by atoms with van der Waals surface area (Å²) in [6.45, 7) is 2.52. The Balaban J connectivity index is 1.86. The van der Waals surface area contributed by atoms with Crippen LogP contribution in [0.2, 0.25) is 5.02 Å². The fraction of sp³-hybridized carbons (Fsp3) is 0.133. The maximum Gasteiger partial charge on any atom is 0.319 e. The number of amides is 2. The minimum absolute atomic E-state index is 0.247. The van der Waals surface area contributed by atoms with Crippen molar-refractivity contribution in [3.63, 3.8) is 0 Å². The summed E-state index contributed by atoms with van der Waals surface area (Å²) in [5, 5.41) is 6.12. The fourth-order valence-corrected chi connectivity index (χ4v) is 1.82. The molecule has 2 amide bonds. The molecule has 0 heterocycles. The summed E-state index contributed by atoms with van der Waals surface area (Å²) in [6, 6.07) is 14.8. The number of hydrogen-bond donors (Lipinski definition) is 2. The van der Waals surface area contributed by atoms with Gasteiger partial charge in [0.1, 0.15) is 0 Å². The average Bonchev–Trinajstić information content (AvgIpc) is 2.38.